The van der Waals surface area contributed by atoms with Gasteiger partial charge in [0.25, 0.3) is 0 Å². The number of pyridine rings is 2. The molecule has 2 aliphatic rings. The third-order valence-electron chi connectivity index (χ3n) is 6.42. The van der Waals surface area contributed by atoms with E-state index in [-0.39, 0.29) is 17.7 Å². The van der Waals surface area contributed by atoms with Crippen LogP contribution in [0.3, 0.4) is 0 Å². The van der Waals surface area contributed by atoms with E-state index >= 15 is 0 Å². The summed E-state index contributed by atoms with van der Waals surface area (Å²) in [5, 5.41) is 4.26. The van der Waals surface area contributed by atoms with Crippen molar-refractivity contribution in [3.8, 4) is 0 Å². The van der Waals surface area contributed by atoms with E-state index in [0.29, 0.717) is 5.82 Å². The molecule has 1 unspecified atom stereocenters. The Morgan fingerprint density at radius 3 is 2.69 bits per heavy atom. The molecule has 1 atom stereocenters. The molecule has 2 N–H and O–H groups in total. The molecule has 170 valence electrons. The summed E-state index contributed by atoms with van der Waals surface area (Å²) >= 11 is 0. The van der Waals surface area contributed by atoms with Crippen molar-refractivity contribution >= 4 is 17.4 Å². The van der Waals surface area contributed by atoms with E-state index in [9.17, 15) is 4.79 Å². The molecule has 0 aromatic carbocycles. The Labute approximate surface area is 189 Å². The van der Waals surface area contributed by atoms with Gasteiger partial charge >= 0.3 is 0 Å². The number of anilines is 1. The molecule has 1 amide bonds. The Morgan fingerprint density at radius 2 is 1.97 bits per heavy atom. The lowest BCUT2D eigenvalue weighted by molar-refractivity contribution is -0.138. The normalized spacial score (nSPS) is 20.8. The number of nitrogens with zero attached hydrogens (tertiary/aromatic N) is 5. The van der Waals surface area contributed by atoms with Crippen molar-refractivity contribution in [1.82, 2.24) is 19.8 Å². The average Bonchev–Trinajstić information content (AvgIpc) is 2.83. The SMILES string of the molecule is CO/N=C(\c1ccccn1)C1CCN(C(=O)C2CCCN(Cc3ccnc(N)c3)C2)CC1. The van der Waals surface area contributed by atoms with Crippen molar-refractivity contribution in [3.63, 3.8) is 0 Å². The Bertz CT molecular complexity index is 927. The largest absolute Gasteiger partial charge is 0.399 e. The van der Waals surface area contributed by atoms with Crippen LogP contribution in [-0.4, -0.2) is 64.7 Å². The van der Waals surface area contributed by atoms with Gasteiger partial charge in [-0.1, -0.05) is 11.2 Å². The monoisotopic (exact) mass is 436 g/mol. The van der Waals surface area contributed by atoms with Crippen LogP contribution in [0.2, 0.25) is 0 Å². The first-order valence-corrected chi connectivity index (χ1v) is 11.4. The molecule has 8 heteroatoms. The highest BCUT2D eigenvalue weighted by Gasteiger charge is 2.33. The number of nitrogen functional groups attached to an aromatic ring is 1. The van der Waals surface area contributed by atoms with Crippen LogP contribution in [0, 0.1) is 11.8 Å². The van der Waals surface area contributed by atoms with Gasteiger partial charge in [-0.2, -0.15) is 0 Å². The fourth-order valence-corrected chi connectivity index (χ4v) is 4.83. The van der Waals surface area contributed by atoms with E-state index in [4.69, 9.17) is 10.6 Å². The zero-order chi connectivity index (χ0) is 22.3. The fraction of sp³-hybridized carbons (Fsp3) is 0.500. The number of piperidine rings is 2. The van der Waals surface area contributed by atoms with E-state index in [1.165, 1.54) is 0 Å². The summed E-state index contributed by atoms with van der Waals surface area (Å²) in [4.78, 5) is 31.3. The van der Waals surface area contributed by atoms with Crippen LogP contribution in [0.4, 0.5) is 5.82 Å². The fourth-order valence-electron chi connectivity index (χ4n) is 4.83. The highest BCUT2D eigenvalue weighted by Crippen LogP contribution is 2.26. The number of aromatic nitrogens is 2. The van der Waals surface area contributed by atoms with E-state index in [2.05, 4.69) is 20.0 Å². The minimum Gasteiger partial charge on any atom is -0.399 e. The summed E-state index contributed by atoms with van der Waals surface area (Å²) in [7, 11) is 1.57. The van der Waals surface area contributed by atoms with Crippen LogP contribution in [0.1, 0.15) is 36.9 Å². The molecule has 0 radical (unpaired) electrons. The number of carbonyl (C=O) groups excluding carboxylic acids is 1. The Hall–Kier alpha value is -3.00. The number of hydrogen-bond donors (Lipinski definition) is 1. The van der Waals surface area contributed by atoms with E-state index in [0.717, 1.165) is 75.4 Å². The number of carbonyl (C=O) groups is 1. The topological polar surface area (TPSA) is 96.9 Å². The Kier molecular flexibility index (Phi) is 7.32. The molecule has 2 aromatic heterocycles. The zero-order valence-corrected chi connectivity index (χ0v) is 18.7. The average molecular weight is 437 g/mol. The van der Waals surface area contributed by atoms with Crippen molar-refractivity contribution in [2.75, 3.05) is 39.0 Å². The standard InChI is InChI=1S/C24H32N6O2/c1-32-28-23(21-6-2-3-10-26-21)19-8-13-30(14-9-19)24(31)20-5-4-12-29(17-20)16-18-7-11-27-22(25)15-18/h2-3,6-7,10-11,15,19-20H,4-5,8-9,12-14,16-17H2,1H3,(H2,25,27)/b28-23-. The van der Waals surface area contributed by atoms with Crippen molar-refractivity contribution in [2.24, 2.45) is 17.0 Å². The maximum absolute atomic E-state index is 13.3. The second kappa shape index (κ2) is 10.5. The number of rotatable bonds is 6. The van der Waals surface area contributed by atoms with Gasteiger partial charge in [0, 0.05) is 44.5 Å². The van der Waals surface area contributed by atoms with Crippen molar-refractivity contribution in [1.29, 1.82) is 0 Å². The number of amides is 1. The number of hydrogen-bond acceptors (Lipinski definition) is 7. The summed E-state index contributed by atoms with van der Waals surface area (Å²) in [5.41, 5.74) is 8.68. The van der Waals surface area contributed by atoms with Crippen molar-refractivity contribution in [3.05, 3.63) is 54.0 Å². The van der Waals surface area contributed by atoms with Crippen LogP contribution in [0.25, 0.3) is 0 Å². The minimum atomic E-state index is 0.0578. The second-order valence-corrected chi connectivity index (χ2v) is 8.64. The van der Waals surface area contributed by atoms with Gasteiger partial charge in [0.05, 0.1) is 11.6 Å². The van der Waals surface area contributed by atoms with E-state index < -0.39 is 0 Å². The smallest absolute Gasteiger partial charge is 0.226 e. The molecule has 0 spiro atoms. The first-order chi connectivity index (χ1) is 15.6. The molecule has 4 heterocycles. The molecular formula is C24H32N6O2. The maximum Gasteiger partial charge on any atom is 0.226 e. The van der Waals surface area contributed by atoms with Crippen molar-refractivity contribution in [2.45, 2.75) is 32.2 Å². The van der Waals surface area contributed by atoms with E-state index in [1.54, 1.807) is 19.5 Å². The zero-order valence-electron chi connectivity index (χ0n) is 18.7. The molecular weight excluding hydrogens is 404 g/mol. The Morgan fingerprint density at radius 1 is 1.12 bits per heavy atom. The predicted octanol–water partition coefficient (Wildman–Crippen LogP) is 2.56. The lowest BCUT2D eigenvalue weighted by Gasteiger charge is -2.38. The molecule has 0 bridgehead atoms. The van der Waals surface area contributed by atoms with Gasteiger partial charge in [0.2, 0.25) is 5.91 Å². The molecule has 32 heavy (non-hydrogen) atoms. The summed E-state index contributed by atoms with van der Waals surface area (Å²) in [6.45, 7) is 4.10. The van der Waals surface area contributed by atoms with Crippen LogP contribution >= 0.6 is 0 Å². The quantitative estimate of drug-likeness (QED) is 0.552. The van der Waals surface area contributed by atoms with Crippen molar-refractivity contribution < 1.29 is 9.63 Å². The summed E-state index contributed by atoms with van der Waals surface area (Å²) in [6, 6.07) is 9.72. The highest BCUT2D eigenvalue weighted by molar-refractivity contribution is 6.00. The van der Waals surface area contributed by atoms with Crippen LogP contribution in [-0.2, 0) is 16.2 Å². The Balaban J connectivity index is 1.33. The molecule has 8 nitrogen and oxygen atoms in total. The van der Waals surface area contributed by atoms with Gasteiger partial charge in [-0.3, -0.25) is 14.7 Å². The van der Waals surface area contributed by atoms with Crippen LogP contribution in [0.15, 0.2) is 47.9 Å². The van der Waals surface area contributed by atoms with Gasteiger partial charge in [-0.05, 0) is 62.1 Å². The molecule has 4 rings (SSSR count). The van der Waals surface area contributed by atoms with Crippen LogP contribution in [0.5, 0.6) is 0 Å². The number of oxime groups is 1. The summed E-state index contributed by atoms with van der Waals surface area (Å²) in [5.74, 6) is 1.12. The predicted molar refractivity (Wildman–Crippen MR) is 124 cm³/mol. The third-order valence-corrected chi connectivity index (χ3v) is 6.42. The van der Waals surface area contributed by atoms with E-state index in [1.807, 2.05) is 35.2 Å². The van der Waals surface area contributed by atoms with Gasteiger partial charge in [-0.15, -0.1) is 0 Å². The minimum absolute atomic E-state index is 0.0578. The lowest BCUT2D eigenvalue weighted by Crippen LogP contribution is -2.47. The van der Waals surface area contributed by atoms with Gasteiger partial charge in [0.15, 0.2) is 0 Å². The summed E-state index contributed by atoms with van der Waals surface area (Å²) < 4.78 is 0. The number of likely N-dealkylation sites (tertiary alicyclic amines) is 2. The molecule has 2 aromatic rings. The third kappa shape index (κ3) is 5.43. The highest BCUT2D eigenvalue weighted by atomic mass is 16.6. The second-order valence-electron chi connectivity index (χ2n) is 8.64. The molecule has 2 saturated heterocycles. The van der Waals surface area contributed by atoms with Gasteiger partial charge in [-0.25, -0.2) is 4.98 Å². The molecule has 0 saturated carbocycles. The molecule has 2 fully saturated rings. The first kappa shape index (κ1) is 22.2. The maximum atomic E-state index is 13.3. The first-order valence-electron chi connectivity index (χ1n) is 11.4. The van der Waals surface area contributed by atoms with Crippen LogP contribution < -0.4 is 5.73 Å². The van der Waals surface area contributed by atoms with Gasteiger partial charge < -0.3 is 15.5 Å². The lowest BCUT2D eigenvalue weighted by atomic mass is 9.88. The molecule has 0 aliphatic carbocycles. The molecule has 2 aliphatic heterocycles. The number of nitrogens with two attached hydrogens (primary N) is 1. The van der Waals surface area contributed by atoms with Gasteiger partial charge in [0.1, 0.15) is 18.6 Å². The summed E-state index contributed by atoms with van der Waals surface area (Å²) in [6.07, 6.45) is 7.26.